The number of nitrogens with one attached hydrogen (secondary N) is 2. The van der Waals surface area contributed by atoms with E-state index in [4.69, 9.17) is 4.99 Å². The van der Waals surface area contributed by atoms with E-state index in [2.05, 4.69) is 10.6 Å². The largest absolute Gasteiger partial charge is 0.478 e. The van der Waals surface area contributed by atoms with Crippen LogP contribution in [-0.4, -0.2) is 29.7 Å². The van der Waals surface area contributed by atoms with Crippen LogP contribution in [0.25, 0.3) is 0 Å². The average Bonchev–Trinajstić information content (AvgIpc) is 3.08. The van der Waals surface area contributed by atoms with Gasteiger partial charge in [0.1, 0.15) is 5.92 Å². The lowest BCUT2D eigenvalue weighted by molar-refractivity contribution is -0.115. The second-order valence-corrected chi connectivity index (χ2v) is 7.09. The summed E-state index contributed by atoms with van der Waals surface area (Å²) in [5.74, 6) is -1.88. The molecular formula is C24H21N3O3. The molecule has 3 aromatic carbocycles. The molecule has 1 unspecified atom stereocenters. The fourth-order valence-corrected chi connectivity index (χ4v) is 3.60. The predicted molar refractivity (Wildman–Crippen MR) is 117 cm³/mol. The zero-order chi connectivity index (χ0) is 21.1. The molecule has 3 N–H and O–H groups in total. The van der Waals surface area contributed by atoms with E-state index >= 15 is 0 Å². The van der Waals surface area contributed by atoms with Gasteiger partial charge in [-0.05, 0) is 48.0 Å². The number of carbonyl (C=O) groups is 2. The van der Waals surface area contributed by atoms with Gasteiger partial charge in [-0.25, -0.2) is 4.79 Å². The van der Waals surface area contributed by atoms with Crippen LogP contribution in [0.5, 0.6) is 0 Å². The summed E-state index contributed by atoms with van der Waals surface area (Å²) < 4.78 is 0. The normalized spacial score (nSPS) is 15.6. The molecule has 1 aliphatic heterocycles. The molecular weight excluding hydrogens is 378 g/mol. The topological polar surface area (TPSA) is 90.8 Å². The third-order valence-corrected chi connectivity index (χ3v) is 5.04. The fourth-order valence-electron chi connectivity index (χ4n) is 3.60. The number of hydrogen-bond donors (Lipinski definition) is 3. The number of aliphatic imine (C=N–C) groups is 1. The van der Waals surface area contributed by atoms with Gasteiger partial charge in [0.15, 0.2) is 0 Å². The Kier molecular flexibility index (Phi) is 5.41. The molecule has 1 atom stereocenters. The summed E-state index contributed by atoms with van der Waals surface area (Å²) in [7, 11) is 1.89. The number of rotatable bonds is 6. The summed E-state index contributed by atoms with van der Waals surface area (Å²) >= 11 is 0. The fraction of sp³-hybridized carbons (Fsp3) is 0.125. The van der Waals surface area contributed by atoms with Crippen LogP contribution in [0.4, 0.5) is 11.4 Å². The smallest absolute Gasteiger partial charge is 0.335 e. The minimum atomic E-state index is -1.03. The van der Waals surface area contributed by atoms with E-state index in [-0.39, 0.29) is 11.5 Å². The van der Waals surface area contributed by atoms with Crippen molar-refractivity contribution in [3.05, 3.63) is 95.1 Å². The SMILES string of the molecule is CNCc1ccc(N=C(c2ccccc2)C2C(=O)Nc3cc(C(=O)O)ccc32)cc1. The summed E-state index contributed by atoms with van der Waals surface area (Å²) in [5.41, 5.74) is 4.72. The average molecular weight is 399 g/mol. The van der Waals surface area contributed by atoms with Crippen molar-refractivity contribution >= 4 is 29.0 Å². The second kappa shape index (κ2) is 8.31. The summed E-state index contributed by atoms with van der Waals surface area (Å²) in [6.45, 7) is 0.764. The van der Waals surface area contributed by atoms with Crippen molar-refractivity contribution in [2.45, 2.75) is 12.5 Å². The molecule has 4 rings (SSSR count). The van der Waals surface area contributed by atoms with Gasteiger partial charge in [-0.15, -0.1) is 0 Å². The van der Waals surface area contributed by atoms with Crippen molar-refractivity contribution in [3.63, 3.8) is 0 Å². The van der Waals surface area contributed by atoms with Crippen molar-refractivity contribution in [2.75, 3.05) is 12.4 Å². The number of carbonyl (C=O) groups excluding carboxylic acids is 1. The number of nitrogens with zero attached hydrogens (tertiary/aromatic N) is 1. The van der Waals surface area contributed by atoms with E-state index in [1.54, 1.807) is 6.07 Å². The molecule has 0 radical (unpaired) electrons. The van der Waals surface area contributed by atoms with Crippen LogP contribution in [-0.2, 0) is 11.3 Å². The third-order valence-electron chi connectivity index (χ3n) is 5.04. The highest BCUT2D eigenvalue weighted by molar-refractivity contribution is 6.24. The Morgan fingerprint density at radius 1 is 1.03 bits per heavy atom. The maximum Gasteiger partial charge on any atom is 0.335 e. The predicted octanol–water partition coefficient (Wildman–Crippen LogP) is 3.96. The quantitative estimate of drug-likeness (QED) is 0.547. The van der Waals surface area contributed by atoms with E-state index in [1.807, 2.05) is 61.6 Å². The molecule has 3 aromatic rings. The maximum atomic E-state index is 12.9. The molecule has 0 fully saturated rings. The van der Waals surface area contributed by atoms with Crippen LogP contribution in [0.2, 0.25) is 0 Å². The standard InChI is InChI=1S/C24H21N3O3/c1-25-14-15-7-10-18(11-8-15)26-22(16-5-3-2-4-6-16)21-19-12-9-17(24(29)30)13-20(19)27-23(21)28/h2-13,21,25H,14H2,1H3,(H,27,28)(H,29,30). The number of aromatic carboxylic acids is 1. The first-order valence-electron chi connectivity index (χ1n) is 9.62. The van der Waals surface area contributed by atoms with E-state index in [9.17, 15) is 14.7 Å². The third kappa shape index (κ3) is 3.86. The van der Waals surface area contributed by atoms with E-state index in [0.717, 1.165) is 28.9 Å². The lowest BCUT2D eigenvalue weighted by Gasteiger charge is -2.14. The highest BCUT2D eigenvalue weighted by Gasteiger charge is 2.35. The molecule has 0 aliphatic carbocycles. The van der Waals surface area contributed by atoms with Crippen molar-refractivity contribution in [1.29, 1.82) is 0 Å². The Labute approximate surface area is 174 Å². The molecule has 1 amide bonds. The molecule has 0 saturated heterocycles. The monoisotopic (exact) mass is 399 g/mol. The molecule has 1 aliphatic rings. The Balaban J connectivity index is 1.80. The number of anilines is 1. The second-order valence-electron chi connectivity index (χ2n) is 7.09. The zero-order valence-electron chi connectivity index (χ0n) is 16.4. The minimum absolute atomic E-state index is 0.132. The van der Waals surface area contributed by atoms with E-state index in [1.165, 1.54) is 12.1 Å². The Bertz CT molecular complexity index is 1120. The summed E-state index contributed by atoms with van der Waals surface area (Å²) in [6, 6.07) is 22.1. The highest BCUT2D eigenvalue weighted by Crippen LogP contribution is 2.37. The Morgan fingerprint density at radius 2 is 1.77 bits per heavy atom. The van der Waals surface area contributed by atoms with Gasteiger partial charge in [0.2, 0.25) is 5.91 Å². The number of amides is 1. The van der Waals surface area contributed by atoms with Crippen LogP contribution >= 0.6 is 0 Å². The molecule has 0 saturated carbocycles. The van der Waals surface area contributed by atoms with E-state index < -0.39 is 11.9 Å². The molecule has 150 valence electrons. The number of benzene rings is 3. The molecule has 6 heteroatoms. The lowest BCUT2D eigenvalue weighted by atomic mass is 9.90. The van der Waals surface area contributed by atoms with Crippen molar-refractivity contribution in [2.24, 2.45) is 4.99 Å². The van der Waals surface area contributed by atoms with Crippen LogP contribution < -0.4 is 10.6 Å². The molecule has 0 bridgehead atoms. The lowest BCUT2D eigenvalue weighted by Crippen LogP contribution is -2.21. The number of carboxylic acid groups (broad SMARTS) is 1. The van der Waals surface area contributed by atoms with Gasteiger partial charge in [0.25, 0.3) is 0 Å². The molecule has 1 heterocycles. The number of carboxylic acids is 1. The number of fused-ring (bicyclic) bond motifs is 1. The first-order chi connectivity index (χ1) is 14.6. The summed E-state index contributed by atoms with van der Waals surface area (Å²) in [6.07, 6.45) is 0. The summed E-state index contributed by atoms with van der Waals surface area (Å²) in [5, 5.41) is 15.2. The van der Waals surface area contributed by atoms with E-state index in [0.29, 0.717) is 11.4 Å². The van der Waals surface area contributed by atoms with Gasteiger partial charge in [-0.3, -0.25) is 9.79 Å². The van der Waals surface area contributed by atoms with Crippen molar-refractivity contribution in [3.8, 4) is 0 Å². The first-order valence-corrected chi connectivity index (χ1v) is 9.62. The summed E-state index contributed by atoms with van der Waals surface area (Å²) in [4.78, 5) is 29.0. The number of hydrogen-bond acceptors (Lipinski definition) is 4. The first kappa shape index (κ1) is 19.5. The van der Waals surface area contributed by atoms with Crippen LogP contribution in [0, 0.1) is 0 Å². The van der Waals surface area contributed by atoms with Gasteiger partial charge in [-0.2, -0.15) is 0 Å². The van der Waals surface area contributed by atoms with Crippen molar-refractivity contribution in [1.82, 2.24) is 5.32 Å². The Hall–Kier alpha value is -3.77. The molecule has 6 nitrogen and oxygen atoms in total. The molecule has 30 heavy (non-hydrogen) atoms. The van der Waals surface area contributed by atoms with Crippen LogP contribution in [0.15, 0.2) is 77.8 Å². The van der Waals surface area contributed by atoms with Crippen LogP contribution in [0.3, 0.4) is 0 Å². The van der Waals surface area contributed by atoms with Gasteiger partial charge in [0, 0.05) is 12.2 Å². The van der Waals surface area contributed by atoms with Crippen LogP contribution in [0.1, 0.15) is 33.0 Å². The molecule has 0 spiro atoms. The van der Waals surface area contributed by atoms with Gasteiger partial charge in [0.05, 0.1) is 17.0 Å². The minimum Gasteiger partial charge on any atom is -0.478 e. The maximum absolute atomic E-state index is 12.9. The van der Waals surface area contributed by atoms with Gasteiger partial charge in [-0.1, -0.05) is 48.5 Å². The Morgan fingerprint density at radius 3 is 2.43 bits per heavy atom. The highest BCUT2D eigenvalue weighted by atomic mass is 16.4. The van der Waals surface area contributed by atoms with Gasteiger partial charge < -0.3 is 15.7 Å². The van der Waals surface area contributed by atoms with Crippen molar-refractivity contribution < 1.29 is 14.7 Å². The zero-order valence-corrected chi connectivity index (χ0v) is 16.4. The molecule has 0 aromatic heterocycles. The van der Waals surface area contributed by atoms with Gasteiger partial charge >= 0.3 is 5.97 Å².